The third kappa shape index (κ3) is 2.01. The maximum absolute atomic E-state index is 11.3. The van der Waals surface area contributed by atoms with Crippen LogP contribution >= 0.6 is 0 Å². The molecule has 0 spiro atoms. The van der Waals surface area contributed by atoms with Crippen LogP contribution in [0.1, 0.15) is 18.7 Å². The summed E-state index contributed by atoms with van der Waals surface area (Å²) >= 11 is 0. The normalized spacial score (nSPS) is 15.8. The molecule has 1 fully saturated rings. The second-order valence-electron chi connectivity index (χ2n) is 3.24. The summed E-state index contributed by atoms with van der Waals surface area (Å²) in [5.41, 5.74) is 0. The Balaban J connectivity index is 1.89. The summed E-state index contributed by atoms with van der Waals surface area (Å²) in [5, 5.41) is 13.7. The summed E-state index contributed by atoms with van der Waals surface area (Å²) < 4.78 is 1.51. The highest BCUT2D eigenvalue weighted by molar-refractivity contribution is 5.78. The van der Waals surface area contributed by atoms with Crippen molar-refractivity contribution < 1.29 is 4.79 Å². The fourth-order valence-electron chi connectivity index (χ4n) is 1.05. The number of hydrogen-bond donors (Lipinski definition) is 1. The van der Waals surface area contributed by atoms with Gasteiger partial charge in [0.25, 0.3) is 0 Å². The lowest BCUT2D eigenvalue weighted by Gasteiger charge is -2.00. The van der Waals surface area contributed by atoms with Crippen LogP contribution in [-0.4, -0.2) is 32.2 Å². The minimum absolute atomic E-state index is 0.000370. The lowest BCUT2D eigenvalue weighted by molar-refractivity contribution is -0.120. The molecule has 13 heavy (non-hydrogen) atoms. The Morgan fingerprint density at radius 1 is 1.69 bits per heavy atom. The largest absolute Gasteiger partial charge is 0.353 e. The van der Waals surface area contributed by atoms with E-state index in [1.165, 1.54) is 4.68 Å². The molecule has 1 saturated carbocycles. The third-order valence-electron chi connectivity index (χ3n) is 1.97. The van der Waals surface area contributed by atoms with Crippen molar-refractivity contribution >= 4 is 5.91 Å². The minimum atomic E-state index is 0.000370. The third-order valence-corrected chi connectivity index (χ3v) is 1.97. The molecule has 0 radical (unpaired) electrons. The fourth-order valence-corrected chi connectivity index (χ4v) is 1.05. The van der Waals surface area contributed by atoms with E-state index in [2.05, 4.69) is 20.8 Å². The van der Waals surface area contributed by atoms with Gasteiger partial charge in [-0.25, -0.2) is 4.68 Å². The summed E-state index contributed by atoms with van der Waals surface area (Å²) in [6.45, 7) is 0. The van der Waals surface area contributed by atoms with Gasteiger partial charge in [-0.1, -0.05) is 0 Å². The molecule has 6 heteroatoms. The molecule has 1 aliphatic rings. The maximum atomic E-state index is 11.3. The van der Waals surface area contributed by atoms with Gasteiger partial charge < -0.3 is 5.32 Å². The quantitative estimate of drug-likeness (QED) is 0.651. The number of carbonyl (C=O) groups excluding carboxylic acids is 1. The summed E-state index contributed by atoms with van der Waals surface area (Å²) in [4.78, 5) is 11.3. The van der Waals surface area contributed by atoms with Gasteiger partial charge in [-0.15, -0.1) is 5.10 Å². The Morgan fingerprint density at radius 2 is 2.46 bits per heavy atom. The highest BCUT2D eigenvalue weighted by Gasteiger charge is 2.23. The zero-order valence-corrected chi connectivity index (χ0v) is 7.40. The van der Waals surface area contributed by atoms with Crippen molar-refractivity contribution in [2.24, 2.45) is 7.05 Å². The molecule has 1 aromatic rings. The van der Waals surface area contributed by atoms with Crippen LogP contribution in [0.15, 0.2) is 0 Å². The van der Waals surface area contributed by atoms with Crippen LogP contribution in [0.2, 0.25) is 0 Å². The van der Waals surface area contributed by atoms with Crippen LogP contribution in [0, 0.1) is 0 Å². The van der Waals surface area contributed by atoms with Gasteiger partial charge in [0.15, 0.2) is 5.82 Å². The van der Waals surface area contributed by atoms with E-state index in [-0.39, 0.29) is 12.3 Å². The number of carbonyl (C=O) groups is 1. The number of tetrazole rings is 1. The Bertz CT molecular complexity index is 316. The van der Waals surface area contributed by atoms with E-state index < -0.39 is 0 Å². The zero-order chi connectivity index (χ0) is 9.26. The van der Waals surface area contributed by atoms with E-state index in [0.29, 0.717) is 11.9 Å². The molecule has 0 bridgehead atoms. The Hall–Kier alpha value is -1.46. The molecule has 1 heterocycles. The molecule has 0 aromatic carbocycles. The molecule has 1 aromatic heterocycles. The van der Waals surface area contributed by atoms with Crippen molar-refractivity contribution in [2.45, 2.75) is 25.3 Å². The van der Waals surface area contributed by atoms with Gasteiger partial charge in [0, 0.05) is 13.1 Å². The standard InChI is InChI=1S/C7H11N5O/c1-12-6(9-10-11-12)4-7(13)8-5-2-3-5/h5H,2-4H2,1H3,(H,8,13). The van der Waals surface area contributed by atoms with Crippen molar-refractivity contribution in [1.29, 1.82) is 0 Å². The summed E-state index contributed by atoms with van der Waals surface area (Å²) in [7, 11) is 1.72. The van der Waals surface area contributed by atoms with Crippen LogP contribution in [0.3, 0.4) is 0 Å². The van der Waals surface area contributed by atoms with E-state index in [4.69, 9.17) is 0 Å². The SMILES string of the molecule is Cn1nnnc1CC(=O)NC1CC1. The average Bonchev–Trinajstić information content (AvgIpc) is 2.79. The van der Waals surface area contributed by atoms with Gasteiger partial charge >= 0.3 is 0 Å². The van der Waals surface area contributed by atoms with Crippen molar-refractivity contribution in [1.82, 2.24) is 25.5 Å². The monoisotopic (exact) mass is 181 g/mol. The molecule has 0 saturated heterocycles. The van der Waals surface area contributed by atoms with Crippen LogP contribution in [0.5, 0.6) is 0 Å². The first-order chi connectivity index (χ1) is 6.25. The van der Waals surface area contributed by atoms with Crippen LogP contribution in [0.25, 0.3) is 0 Å². The average molecular weight is 181 g/mol. The fraction of sp³-hybridized carbons (Fsp3) is 0.714. The number of amides is 1. The number of nitrogens with zero attached hydrogens (tertiary/aromatic N) is 4. The number of nitrogens with one attached hydrogen (secondary N) is 1. The summed E-state index contributed by atoms with van der Waals surface area (Å²) in [6.07, 6.45) is 2.46. The van der Waals surface area contributed by atoms with Gasteiger partial charge in [0.2, 0.25) is 5.91 Å². The second-order valence-corrected chi connectivity index (χ2v) is 3.24. The molecule has 1 aliphatic carbocycles. The lowest BCUT2D eigenvalue weighted by atomic mass is 10.4. The maximum Gasteiger partial charge on any atom is 0.227 e. The van der Waals surface area contributed by atoms with Gasteiger partial charge in [0.05, 0.1) is 6.42 Å². The van der Waals surface area contributed by atoms with Crippen molar-refractivity contribution in [3.8, 4) is 0 Å². The van der Waals surface area contributed by atoms with Crippen molar-refractivity contribution in [3.05, 3.63) is 5.82 Å². The van der Waals surface area contributed by atoms with E-state index in [0.717, 1.165) is 12.8 Å². The summed E-state index contributed by atoms with van der Waals surface area (Å²) in [5.74, 6) is 0.596. The predicted octanol–water partition coefficient (Wildman–Crippen LogP) is -0.969. The Labute approximate surface area is 75.3 Å². The van der Waals surface area contributed by atoms with Gasteiger partial charge in [0.1, 0.15) is 0 Å². The summed E-state index contributed by atoms with van der Waals surface area (Å²) in [6, 6.07) is 0.397. The van der Waals surface area contributed by atoms with Gasteiger partial charge in [-0.05, 0) is 23.3 Å². The zero-order valence-electron chi connectivity index (χ0n) is 7.40. The Kier molecular flexibility index (Phi) is 1.96. The van der Waals surface area contributed by atoms with E-state index in [1.807, 2.05) is 0 Å². The van der Waals surface area contributed by atoms with Crippen molar-refractivity contribution in [2.75, 3.05) is 0 Å². The smallest absolute Gasteiger partial charge is 0.227 e. The van der Waals surface area contributed by atoms with E-state index >= 15 is 0 Å². The first kappa shape index (κ1) is 8.15. The molecule has 1 N–H and O–H groups in total. The molecule has 1 amide bonds. The molecule has 6 nitrogen and oxygen atoms in total. The van der Waals surface area contributed by atoms with Gasteiger partial charge in [-0.2, -0.15) is 0 Å². The van der Waals surface area contributed by atoms with Crippen LogP contribution < -0.4 is 5.32 Å². The number of hydrogen-bond acceptors (Lipinski definition) is 4. The number of rotatable bonds is 3. The molecule has 70 valence electrons. The minimum Gasteiger partial charge on any atom is -0.353 e. The first-order valence-corrected chi connectivity index (χ1v) is 4.26. The topological polar surface area (TPSA) is 72.7 Å². The highest BCUT2D eigenvalue weighted by atomic mass is 16.1. The molecular formula is C7H11N5O. The number of aryl methyl sites for hydroxylation is 1. The molecule has 0 aliphatic heterocycles. The molecule has 2 rings (SSSR count). The highest BCUT2D eigenvalue weighted by Crippen LogP contribution is 2.18. The van der Waals surface area contributed by atoms with E-state index in [9.17, 15) is 4.79 Å². The lowest BCUT2D eigenvalue weighted by Crippen LogP contribution is -2.28. The molecular weight excluding hydrogens is 170 g/mol. The van der Waals surface area contributed by atoms with Crippen molar-refractivity contribution in [3.63, 3.8) is 0 Å². The molecule has 0 atom stereocenters. The first-order valence-electron chi connectivity index (χ1n) is 4.26. The van der Waals surface area contributed by atoms with Gasteiger partial charge in [-0.3, -0.25) is 4.79 Å². The molecule has 0 unspecified atom stereocenters. The van der Waals surface area contributed by atoms with E-state index in [1.54, 1.807) is 7.05 Å². The predicted molar refractivity (Wildman–Crippen MR) is 43.7 cm³/mol. The van der Waals surface area contributed by atoms with Crippen LogP contribution in [0.4, 0.5) is 0 Å². The second kappa shape index (κ2) is 3.12. The van der Waals surface area contributed by atoms with Crippen LogP contribution in [-0.2, 0) is 18.3 Å². The Morgan fingerprint density at radius 3 is 3.00 bits per heavy atom. The number of aromatic nitrogens is 4.